The number of carbonyl (C=O) groups excluding carboxylic acids is 1. The molecule has 3 aromatic heterocycles. The monoisotopic (exact) mass is 411 g/mol. The van der Waals surface area contributed by atoms with E-state index in [1.807, 2.05) is 54.6 Å². The van der Waals surface area contributed by atoms with E-state index < -0.39 is 0 Å². The van der Waals surface area contributed by atoms with Gasteiger partial charge in [0.1, 0.15) is 11.7 Å². The van der Waals surface area contributed by atoms with Gasteiger partial charge in [-0.2, -0.15) is 5.10 Å². The zero-order valence-corrected chi connectivity index (χ0v) is 17.3. The average molecular weight is 411 g/mol. The number of aryl methyl sites for hydroxylation is 2. The van der Waals surface area contributed by atoms with Crippen LogP contribution in [0.1, 0.15) is 17.3 Å². The molecule has 0 N–H and O–H groups in total. The summed E-state index contributed by atoms with van der Waals surface area (Å²) < 4.78 is 5.06. The van der Waals surface area contributed by atoms with Crippen LogP contribution in [0, 0.1) is 0 Å². The molecular weight excluding hydrogens is 390 g/mol. The quantitative estimate of drug-likeness (QED) is 0.414. The minimum atomic E-state index is -0.271. The molecule has 0 aliphatic rings. The van der Waals surface area contributed by atoms with Gasteiger partial charge in [0.25, 0.3) is 5.56 Å². The van der Waals surface area contributed by atoms with E-state index in [1.54, 1.807) is 11.7 Å². The molecule has 5 rings (SSSR count). The normalized spacial score (nSPS) is 11.4. The van der Waals surface area contributed by atoms with Gasteiger partial charge in [-0.25, -0.2) is 4.98 Å². The SMILES string of the molecule is CCn1c(-c2ccccc2)c(C(=O)Cn2cnc3c(cnn3C)c2=O)c2ccccc21. The number of nitrogens with zero attached hydrogens (tertiary/aromatic N) is 5. The molecular formula is C24H21N5O2. The Morgan fingerprint density at radius 3 is 2.52 bits per heavy atom. The smallest absolute Gasteiger partial charge is 0.264 e. The predicted molar refractivity (Wildman–Crippen MR) is 120 cm³/mol. The van der Waals surface area contributed by atoms with Gasteiger partial charge in [-0.05, 0) is 18.6 Å². The molecule has 0 radical (unpaired) electrons. The van der Waals surface area contributed by atoms with E-state index in [9.17, 15) is 9.59 Å². The van der Waals surface area contributed by atoms with Crippen LogP contribution in [0.4, 0.5) is 0 Å². The third-order valence-corrected chi connectivity index (χ3v) is 5.65. The van der Waals surface area contributed by atoms with Crippen molar-refractivity contribution in [2.24, 2.45) is 7.05 Å². The molecule has 0 saturated heterocycles. The lowest BCUT2D eigenvalue weighted by atomic mass is 10.0. The van der Waals surface area contributed by atoms with Crippen molar-refractivity contribution in [1.82, 2.24) is 23.9 Å². The molecule has 5 aromatic rings. The van der Waals surface area contributed by atoms with Gasteiger partial charge in [0.2, 0.25) is 0 Å². The second-order valence-electron chi connectivity index (χ2n) is 7.46. The zero-order chi connectivity index (χ0) is 21.5. The summed E-state index contributed by atoms with van der Waals surface area (Å²) >= 11 is 0. The number of benzene rings is 2. The van der Waals surface area contributed by atoms with Crippen LogP contribution in [-0.4, -0.2) is 29.7 Å². The molecule has 154 valence electrons. The number of rotatable bonds is 5. The highest BCUT2D eigenvalue weighted by Crippen LogP contribution is 2.34. The Balaban J connectivity index is 1.69. The van der Waals surface area contributed by atoms with E-state index in [0.717, 1.165) is 28.7 Å². The van der Waals surface area contributed by atoms with Gasteiger partial charge in [-0.3, -0.25) is 18.8 Å². The average Bonchev–Trinajstić information content (AvgIpc) is 3.34. The van der Waals surface area contributed by atoms with Crippen molar-refractivity contribution in [3.63, 3.8) is 0 Å². The number of Topliss-reactive ketones (excluding diaryl/α,β-unsaturated/α-hetero) is 1. The van der Waals surface area contributed by atoms with Gasteiger partial charge in [-0.1, -0.05) is 48.5 Å². The van der Waals surface area contributed by atoms with Crippen molar-refractivity contribution < 1.29 is 4.79 Å². The Kier molecular flexibility index (Phi) is 4.51. The topological polar surface area (TPSA) is 74.7 Å². The van der Waals surface area contributed by atoms with Crippen LogP contribution >= 0.6 is 0 Å². The molecule has 2 aromatic carbocycles. The van der Waals surface area contributed by atoms with Crippen LogP contribution in [0.5, 0.6) is 0 Å². The summed E-state index contributed by atoms with van der Waals surface area (Å²) in [6.45, 7) is 2.70. The maximum Gasteiger partial charge on any atom is 0.264 e. The van der Waals surface area contributed by atoms with Crippen LogP contribution in [0.25, 0.3) is 33.2 Å². The van der Waals surface area contributed by atoms with E-state index in [2.05, 4.69) is 21.6 Å². The fourth-order valence-electron chi connectivity index (χ4n) is 4.22. The van der Waals surface area contributed by atoms with Crippen LogP contribution in [0.15, 0.2) is 71.9 Å². The molecule has 7 nitrogen and oxygen atoms in total. The highest BCUT2D eigenvalue weighted by Gasteiger charge is 2.23. The molecule has 31 heavy (non-hydrogen) atoms. The highest BCUT2D eigenvalue weighted by molar-refractivity contribution is 6.13. The molecule has 0 amide bonds. The molecule has 0 aliphatic heterocycles. The summed E-state index contributed by atoms with van der Waals surface area (Å²) in [6.07, 6.45) is 2.91. The highest BCUT2D eigenvalue weighted by atomic mass is 16.1. The number of para-hydroxylation sites is 1. The first kappa shape index (κ1) is 19.0. The van der Waals surface area contributed by atoms with Gasteiger partial charge in [0, 0.05) is 24.5 Å². The fourth-order valence-corrected chi connectivity index (χ4v) is 4.22. The molecule has 0 fully saturated rings. The molecule has 3 heterocycles. The van der Waals surface area contributed by atoms with Crippen LogP contribution < -0.4 is 5.56 Å². The Labute approximate surface area is 178 Å². The van der Waals surface area contributed by atoms with Gasteiger partial charge in [0.05, 0.1) is 24.0 Å². The predicted octanol–water partition coefficient (Wildman–Crippen LogP) is 3.65. The van der Waals surface area contributed by atoms with Crippen molar-refractivity contribution in [2.75, 3.05) is 0 Å². The minimum Gasteiger partial charge on any atom is -0.340 e. The molecule has 0 bridgehead atoms. The number of hydrogen-bond donors (Lipinski definition) is 0. The summed E-state index contributed by atoms with van der Waals surface area (Å²) in [5.74, 6) is -0.130. The van der Waals surface area contributed by atoms with Crippen LogP contribution in [0.3, 0.4) is 0 Å². The first-order chi connectivity index (χ1) is 15.1. The lowest BCUT2D eigenvalue weighted by Crippen LogP contribution is -2.25. The van der Waals surface area contributed by atoms with E-state index >= 15 is 0 Å². The van der Waals surface area contributed by atoms with Crippen molar-refractivity contribution in [3.05, 3.63) is 83.0 Å². The Morgan fingerprint density at radius 2 is 1.74 bits per heavy atom. The molecule has 7 heteroatoms. The van der Waals surface area contributed by atoms with Gasteiger partial charge in [0.15, 0.2) is 11.4 Å². The summed E-state index contributed by atoms with van der Waals surface area (Å²) in [5, 5.41) is 5.38. The molecule has 0 aliphatic carbocycles. The van der Waals surface area contributed by atoms with Gasteiger partial charge < -0.3 is 4.57 Å². The third-order valence-electron chi connectivity index (χ3n) is 5.65. The first-order valence-electron chi connectivity index (χ1n) is 10.2. The third kappa shape index (κ3) is 2.97. The van der Waals surface area contributed by atoms with Crippen molar-refractivity contribution >= 4 is 27.7 Å². The number of carbonyl (C=O) groups is 1. The summed E-state index contributed by atoms with van der Waals surface area (Å²) in [5.41, 5.74) is 3.70. The number of hydrogen-bond acceptors (Lipinski definition) is 4. The zero-order valence-electron chi connectivity index (χ0n) is 17.3. The maximum atomic E-state index is 13.6. The summed E-state index contributed by atoms with van der Waals surface area (Å²) in [6, 6.07) is 17.8. The largest absolute Gasteiger partial charge is 0.340 e. The van der Waals surface area contributed by atoms with Crippen LogP contribution in [0.2, 0.25) is 0 Å². The summed E-state index contributed by atoms with van der Waals surface area (Å²) in [7, 11) is 1.73. The standard InChI is InChI=1S/C24H21N5O2/c1-3-29-19-12-8-7-11-17(19)21(22(29)16-9-5-4-6-10-16)20(30)14-28-15-25-23-18(24(28)31)13-26-27(23)2/h4-13,15H,3,14H2,1-2H3. The Bertz CT molecular complexity index is 1490. The number of fused-ring (bicyclic) bond motifs is 2. The number of ketones is 1. The fraction of sp³-hybridized carbons (Fsp3) is 0.167. The van der Waals surface area contributed by atoms with E-state index in [0.29, 0.717) is 16.6 Å². The lowest BCUT2D eigenvalue weighted by Gasteiger charge is -2.11. The second kappa shape index (κ2) is 7.36. The Hall–Kier alpha value is -4.00. The van der Waals surface area contributed by atoms with E-state index in [-0.39, 0.29) is 17.9 Å². The molecule has 0 atom stereocenters. The molecule has 0 saturated carbocycles. The van der Waals surface area contributed by atoms with E-state index in [4.69, 9.17) is 0 Å². The summed E-state index contributed by atoms with van der Waals surface area (Å²) in [4.78, 5) is 30.8. The molecule has 0 spiro atoms. The van der Waals surface area contributed by atoms with Crippen molar-refractivity contribution in [2.45, 2.75) is 20.0 Å². The van der Waals surface area contributed by atoms with Crippen molar-refractivity contribution in [1.29, 1.82) is 0 Å². The Morgan fingerprint density at radius 1 is 1.00 bits per heavy atom. The van der Waals surface area contributed by atoms with E-state index in [1.165, 1.54) is 17.1 Å². The number of aromatic nitrogens is 5. The van der Waals surface area contributed by atoms with Crippen LogP contribution in [-0.2, 0) is 20.1 Å². The van der Waals surface area contributed by atoms with Gasteiger partial charge in [-0.15, -0.1) is 0 Å². The first-order valence-corrected chi connectivity index (χ1v) is 10.2. The molecule has 0 unspecified atom stereocenters. The maximum absolute atomic E-state index is 13.6. The van der Waals surface area contributed by atoms with Gasteiger partial charge >= 0.3 is 0 Å². The van der Waals surface area contributed by atoms with Crippen molar-refractivity contribution in [3.8, 4) is 11.3 Å². The second-order valence-corrected chi connectivity index (χ2v) is 7.46. The minimum absolute atomic E-state index is 0.0891. The lowest BCUT2D eigenvalue weighted by molar-refractivity contribution is 0.0972.